The first-order chi connectivity index (χ1) is 5.51. The second-order valence-electron chi connectivity index (χ2n) is 2.61. The zero-order valence-corrected chi connectivity index (χ0v) is 6.40. The van der Waals surface area contributed by atoms with Crippen LogP contribution in [0.5, 0.6) is 0 Å². The van der Waals surface area contributed by atoms with Gasteiger partial charge in [-0.2, -0.15) is 0 Å². The zero-order chi connectivity index (χ0) is 9.78. The maximum Gasteiger partial charge on any atom is 0.280 e. The standard InChI is InChI=1S/C6H9F4NO/c1-6(2-7,3-8)4(11-12)5(9)10/h5,12H,2-3H2,1H3. The molecule has 6 heteroatoms. The van der Waals surface area contributed by atoms with Gasteiger partial charge in [0.15, 0.2) is 0 Å². The van der Waals surface area contributed by atoms with E-state index in [9.17, 15) is 17.6 Å². The molecule has 0 bridgehead atoms. The van der Waals surface area contributed by atoms with E-state index in [0.717, 1.165) is 6.92 Å². The van der Waals surface area contributed by atoms with Crippen molar-refractivity contribution >= 4 is 5.71 Å². The van der Waals surface area contributed by atoms with E-state index in [1.807, 2.05) is 0 Å². The summed E-state index contributed by atoms with van der Waals surface area (Å²) >= 11 is 0. The van der Waals surface area contributed by atoms with Crippen LogP contribution in [0.25, 0.3) is 0 Å². The summed E-state index contributed by atoms with van der Waals surface area (Å²) in [5.74, 6) is 0. The smallest absolute Gasteiger partial charge is 0.280 e. The van der Waals surface area contributed by atoms with Gasteiger partial charge in [-0.05, 0) is 6.92 Å². The van der Waals surface area contributed by atoms with E-state index in [0.29, 0.717) is 0 Å². The quantitative estimate of drug-likeness (QED) is 0.310. The Hall–Kier alpha value is -0.810. The molecule has 0 saturated heterocycles. The predicted molar refractivity (Wildman–Crippen MR) is 35.3 cm³/mol. The fourth-order valence-electron chi connectivity index (χ4n) is 0.600. The van der Waals surface area contributed by atoms with E-state index in [4.69, 9.17) is 5.21 Å². The molecule has 2 nitrogen and oxygen atoms in total. The van der Waals surface area contributed by atoms with Gasteiger partial charge in [-0.15, -0.1) is 0 Å². The fourth-order valence-corrected chi connectivity index (χ4v) is 0.600. The van der Waals surface area contributed by atoms with Gasteiger partial charge in [-0.1, -0.05) is 5.16 Å². The van der Waals surface area contributed by atoms with Gasteiger partial charge in [0.1, 0.15) is 19.1 Å². The van der Waals surface area contributed by atoms with Gasteiger partial charge in [-0.25, -0.2) is 17.6 Å². The van der Waals surface area contributed by atoms with Crippen molar-refractivity contribution in [3.05, 3.63) is 0 Å². The lowest BCUT2D eigenvalue weighted by molar-refractivity contribution is 0.167. The van der Waals surface area contributed by atoms with Gasteiger partial charge >= 0.3 is 0 Å². The molecule has 0 rings (SSSR count). The molecule has 0 unspecified atom stereocenters. The lowest BCUT2D eigenvalue weighted by Gasteiger charge is -2.22. The normalized spacial score (nSPS) is 14.0. The molecule has 0 aromatic carbocycles. The average molecular weight is 187 g/mol. The molecule has 0 atom stereocenters. The molecule has 0 aliphatic heterocycles. The van der Waals surface area contributed by atoms with E-state index < -0.39 is 30.9 Å². The van der Waals surface area contributed by atoms with E-state index in [1.54, 1.807) is 0 Å². The molecule has 0 heterocycles. The Labute approximate surface area is 66.9 Å². The van der Waals surface area contributed by atoms with Gasteiger partial charge in [0.05, 0.1) is 5.41 Å². The van der Waals surface area contributed by atoms with Crippen LogP contribution in [0.2, 0.25) is 0 Å². The summed E-state index contributed by atoms with van der Waals surface area (Å²) in [4.78, 5) is 0. The highest BCUT2D eigenvalue weighted by atomic mass is 19.3. The van der Waals surface area contributed by atoms with Crippen LogP contribution < -0.4 is 0 Å². The second kappa shape index (κ2) is 4.27. The highest BCUT2D eigenvalue weighted by Crippen LogP contribution is 2.24. The minimum absolute atomic E-state index is 0.925. The van der Waals surface area contributed by atoms with Crippen LogP contribution >= 0.6 is 0 Å². The molecule has 0 saturated carbocycles. The first-order valence-electron chi connectivity index (χ1n) is 3.14. The molecule has 0 amide bonds. The van der Waals surface area contributed by atoms with Crippen molar-refractivity contribution in [1.29, 1.82) is 0 Å². The van der Waals surface area contributed by atoms with E-state index >= 15 is 0 Å². The highest BCUT2D eigenvalue weighted by Gasteiger charge is 2.37. The maximum absolute atomic E-state index is 12.1. The molecular weight excluding hydrogens is 178 g/mol. The Bertz CT molecular complexity index is 167. The fraction of sp³-hybridized carbons (Fsp3) is 0.833. The largest absolute Gasteiger partial charge is 0.411 e. The summed E-state index contributed by atoms with van der Waals surface area (Å²) in [6, 6.07) is 0. The Morgan fingerprint density at radius 3 is 1.92 bits per heavy atom. The maximum atomic E-state index is 12.1. The average Bonchev–Trinajstić information content (AvgIpc) is 2.04. The van der Waals surface area contributed by atoms with Crippen LogP contribution in [0.3, 0.4) is 0 Å². The van der Waals surface area contributed by atoms with Gasteiger partial charge < -0.3 is 5.21 Å². The van der Waals surface area contributed by atoms with Crippen LogP contribution in [0.1, 0.15) is 6.92 Å². The monoisotopic (exact) mass is 187 g/mol. The predicted octanol–water partition coefficient (Wildman–Crippen LogP) is 2.03. The molecule has 72 valence electrons. The van der Waals surface area contributed by atoms with Gasteiger partial charge in [0.25, 0.3) is 6.43 Å². The van der Waals surface area contributed by atoms with Crippen molar-refractivity contribution < 1.29 is 22.8 Å². The summed E-state index contributed by atoms with van der Waals surface area (Å²) in [5, 5.41) is 10.3. The summed E-state index contributed by atoms with van der Waals surface area (Å²) in [6.07, 6.45) is -3.15. The van der Waals surface area contributed by atoms with Gasteiger partial charge in [-0.3, -0.25) is 0 Å². The first kappa shape index (κ1) is 11.2. The summed E-state index contributed by atoms with van der Waals surface area (Å²) in [6.45, 7) is -1.73. The number of hydrogen-bond acceptors (Lipinski definition) is 2. The Balaban J connectivity index is 4.69. The first-order valence-corrected chi connectivity index (χ1v) is 3.14. The van der Waals surface area contributed by atoms with Gasteiger partial charge in [0.2, 0.25) is 0 Å². The number of oxime groups is 1. The summed E-state index contributed by atoms with van der Waals surface area (Å²) in [5.41, 5.74) is -3.17. The molecule has 0 aliphatic rings. The van der Waals surface area contributed by atoms with E-state index in [-0.39, 0.29) is 0 Å². The molecular formula is C6H9F4NO. The lowest BCUT2D eigenvalue weighted by Crippen LogP contribution is -2.37. The molecule has 0 aliphatic carbocycles. The van der Waals surface area contributed by atoms with Crippen LogP contribution in [-0.4, -0.2) is 30.7 Å². The van der Waals surface area contributed by atoms with Crippen LogP contribution in [0.4, 0.5) is 17.6 Å². The van der Waals surface area contributed by atoms with Crippen LogP contribution in [-0.2, 0) is 0 Å². The summed E-state index contributed by atoms with van der Waals surface area (Å²) < 4.78 is 48.0. The molecule has 0 aromatic heterocycles. The minimum Gasteiger partial charge on any atom is -0.411 e. The van der Waals surface area contributed by atoms with Crippen molar-refractivity contribution in [3.63, 3.8) is 0 Å². The van der Waals surface area contributed by atoms with E-state index in [1.165, 1.54) is 0 Å². The number of alkyl halides is 4. The molecule has 0 radical (unpaired) electrons. The number of hydrogen-bond donors (Lipinski definition) is 1. The molecule has 1 N–H and O–H groups in total. The molecule has 0 aromatic rings. The van der Waals surface area contributed by atoms with Crippen molar-refractivity contribution in [1.82, 2.24) is 0 Å². The van der Waals surface area contributed by atoms with Gasteiger partial charge in [0, 0.05) is 0 Å². The Kier molecular flexibility index (Phi) is 3.99. The Morgan fingerprint density at radius 2 is 1.83 bits per heavy atom. The molecule has 12 heavy (non-hydrogen) atoms. The van der Waals surface area contributed by atoms with Crippen molar-refractivity contribution in [2.24, 2.45) is 10.6 Å². The van der Waals surface area contributed by atoms with E-state index in [2.05, 4.69) is 5.16 Å². The zero-order valence-electron chi connectivity index (χ0n) is 6.40. The Morgan fingerprint density at radius 1 is 1.42 bits per heavy atom. The van der Waals surface area contributed by atoms with Crippen LogP contribution in [0.15, 0.2) is 5.16 Å². The van der Waals surface area contributed by atoms with Crippen molar-refractivity contribution in [3.8, 4) is 0 Å². The number of halogens is 4. The third-order valence-corrected chi connectivity index (χ3v) is 1.52. The SMILES string of the molecule is CC(CF)(CF)C(=NO)C(F)F. The topological polar surface area (TPSA) is 32.6 Å². The number of nitrogens with zero attached hydrogens (tertiary/aromatic N) is 1. The molecule has 0 fully saturated rings. The highest BCUT2D eigenvalue weighted by molar-refractivity contribution is 5.92. The third-order valence-electron chi connectivity index (χ3n) is 1.52. The lowest BCUT2D eigenvalue weighted by atomic mass is 9.88. The summed E-state index contributed by atoms with van der Waals surface area (Å²) in [7, 11) is 0. The number of rotatable bonds is 4. The van der Waals surface area contributed by atoms with Crippen molar-refractivity contribution in [2.75, 3.05) is 13.3 Å². The third kappa shape index (κ3) is 2.09. The second-order valence-corrected chi connectivity index (χ2v) is 2.61. The molecule has 0 spiro atoms. The van der Waals surface area contributed by atoms with Crippen molar-refractivity contribution in [2.45, 2.75) is 13.3 Å². The minimum atomic E-state index is -3.15. The van der Waals surface area contributed by atoms with Crippen LogP contribution in [0, 0.1) is 5.41 Å².